The highest BCUT2D eigenvalue weighted by Gasteiger charge is 2.66. The number of amides is 2. The number of imide groups is 1. The number of nitrogens with zero attached hydrogens (tertiary/aromatic N) is 1. The molecule has 0 aromatic rings. The molecule has 0 N–H and O–H groups in total. The molecule has 3 aliphatic rings. The summed E-state index contributed by atoms with van der Waals surface area (Å²) < 4.78 is 0. The lowest BCUT2D eigenvalue weighted by atomic mass is 9.43. The number of likely N-dealkylation sites (tertiary alicyclic amines) is 1. The summed E-state index contributed by atoms with van der Waals surface area (Å²) in [6, 6.07) is 0. The first-order valence-corrected chi connectivity index (χ1v) is 11.1. The Kier molecular flexibility index (Phi) is 5.38. The minimum atomic E-state index is -0.133. The van der Waals surface area contributed by atoms with E-state index in [0.29, 0.717) is 5.92 Å². The second-order valence-corrected chi connectivity index (χ2v) is 10.8. The third kappa shape index (κ3) is 3.19. The van der Waals surface area contributed by atoms with Crippen molar-refractivity contribution in [2.45, 2.75) is 86.5 Å². The standard InChI is InChI=1S/C24H39NO2/c1-8-9-10-11-12-17-15(2)18-13-16(14-23(3,4)5)24(18,6)20-19(17)21(26)25(7)22(20)27/h16-17,19-20H,8-14H2,1-7H3/t16-,17+,19+,20-,24-/m1/s1. The van der Waals surface area contributed by atoms with E-state index >= 15 is 0 Å². The van der Waals surface area contributed by atoms with Crippen molar-refractivity contribution in [3.8, 4) is 0 Å². The normalized spacial score (nSPS) is 36.0. The molecule has 3 heteroatoms. The van der Waals surface area contributed by atoms with Crippen LogP contribution in [0.2, 0.25) is 0 Å². The van der Waals surface area contributed by atoms with Gasteiger partial charge in [-0.1, -0.05) is 71.4 Å². The fourth-order valence-corrected chi connectivity index (χ4v) is 6.40. The molecule has 2 amide bonds. The van der Waals surface area contributed by atoms with Crippen molar-refractivity contribution in [3.05, 3.63) is 11.1 Å². The number of allylic oxidation sites excluding steroid dienone is 2. The molecule has 0 bridgehead atoms. The zero-order valence-electron chi connectivity index (χ0n) is 18.5. The molecule has 1 saturated carbocycles. The van der Waals surface area contributed by atoms with Crippen LogP contribution in [0.1, 0.15) is 86.5 Å². The fourth-order valence-electron chi connectivity index (χ4n) is 6.40. The van der Waals surface area contributed by atoms with Gasteiger partial charge in [0.2, 0.25) is 11.8 Å². The van der Waals surface area contributed by atoms with Gasteiger partial charge in [-0.2, -0.15) is 0 Å². The van der Waals surface area contributed by atoms with E-state index < -0.39 is 0 Å². The quantitative estimate of drug-likeness (QED) is 0.345. The molecule has 1 aliphatic heterocycles. The summed E-state index contributed by atoms with van der Waals surface area (Å²) in [4.78, 5) is 27.7. The van der Waals surface area contributed by atoms with E-state index in [9.17, 15) is 9.59 Å². The molecule has 1 heterocycles. The summed E-state index contributed by atoms with van der Waals surface area (Å²) in [6.45, 7) is 13.6. The molecule has 0 aromatic heterocycles. The minimum Gasteiger partial charge on any atom is -0.285 e. The topological polar surface area (TPSA) is 37.4 Å². The van der Waals surface area contributed by atoms with Crippen molar-refractivity contribution < 1.29 is 9.59 Å². The van der Waals surface area contributed by atoms with E-state index in [1.54, 1.807) is 7.05 Å². The van der Waals surface area contributed by atoms with Crippen LogP contribution in [0.15, 0.2) is 11.1 Å². The summed E-state index contributed by atoms with van der Waals surface area (Å²) in [5.74, 6) is 0.680. The van der Waals surface area contributed by atoms with Crippen molar-refractivity contribution in [2.24, 2.45) is 34.5 Å². The van der Waals surface area contributed by atoms with Gasteiger partial charge in [-0.3, -0.25) is 14.5 Å². The predicted molar refractivity (Wildman–Crippen MR) is 110 cm³/mol. The van der Waals surface area contributed by atoms with Crippen molar-refractivity contribution in [1.29, 1.82) is 0 Å². The highest BCUT2D eigenvalue weighted by atomic mass is 16.2. The molecule has 1 saturated heterocycles. The van der Waals surface area contributed by atoms with Crippen LogP contribution in [0.25, 0.3) is 0 Å². The average molecular weight is 374 g/mol. The monoisotopic (exact) mass is 373 g/mol. The van der Waals surface area contributed by atoms with E-state index in [1.165, 1.54) is 41.7 Å². The molecular formula is C24H39NO2. The Balaban J connectivity index is 1.95. The van der Waals surface area contributed by atoms with E-state index in [2.05, 4.69) is 41.5 Å². The van der Waals surface area contributed by atoms with Gasteiger partial charge in [0.25, 0.3) is 0 Å². The molecule has 0 aromatic carbocycles. The highest BCUT2D eigenvalue weighted by molar-refractivity contribution is 6.06. The maximum Gasteiger partial charge on any atom is 0.233 e. The minimum absolute atomic E-state index is 0.0755. The van der Waals surface area contributed by atoms with Crippen molar-refractivity contribution >= 4 is 11.8 Å². The van der Waals surface area contributed by atoms with Gasteiger partial charge in [0.1, 0.15) is 0 Å². The largest absolute Gasteiger partial charge is 0.285 e. The van der Waals surface area contributed by atoms with Gasteiger partial charge >= 0.3 is 0 Å². The maximum atomic E-state index is 13.2. The van der Waals surface area contributed by atoms with Gasteiger partial charge in [-0.25, -0.2) is 0 Å². The molecule has 3 rings (SSSR count). The maximum absolute atomic E-state index is 13.2. The fraction of sp³-hybridized carbons (Fsp3) is 0.833. The molecule has 3 nitrogen and oxygen atoms in total. The van der Waals surface area contributed by atoms with E-state index in [1.807, 2.05) is 0 Å². The summed E-state index contributed by atoms with van der Waals surface area (Å²) >= 11 is 0. The third-order valence-electron chi connectivity index (χ3n) is 7.86. The molecular weight excluding hydrogens is 334 g/mol. The van der Waals surface area contributed by atoms with Crippen LogP contribution in [0, 0.1) is 34.5 Å². The number of hydrogen-bond acceptors (Lipinski definition) is 2. The van der Waals surface area contributed by atoms with E-state index in [0.717, 1.165) is 19.3 Å². The number of carbonyl (C=O) groups excluding carboxylic acids is 2. The number of hydrogen-bond donors (Lipinski definition) is 0. The Bertz CT molecular complexity index is 656. The third-order valence-corrected chi connectivity index (χ3v) is 7.86. The van der Waals surface area contributed by atoms with Gasteiger partial charge in [-0.15, -0.1) is 0 Å². The van der Waals surface area contributed by atoms with E-state index in [4.69, 9.17) is 0 Å². The number of rotatable bonds is 6. The predicted octanol–water partition coefficient (Wildman–Crippen LogP) is 5.60. The van der Waals surface area contributed by atoms with Gasteiger partial charge in [-0.05, 0) is 43.4 Å². The van der Waals surface area contributed by atoms with Crippen LogP contribution in [0.3, 0.4) is 0 Å². The summed E-state index contributed by atoms with van der Waals surface area (Å²) in [5.41, 5.74) is 3.09. The zero-order valence-corrected chi connectivity index (χ0v) is 18.5. The van der Waals surface area contributed by atoms with Crippen molar-refractivity contribution in [3.63, 3.8) is 0 Å². The average Bonchev–Trinajstić information content (AvgIpc) is 2.80. The van der Waals surface area contributed by atoms with Crippen LogP contribution in [0.5, 0.6) is 0 Å². The highest BCUT2D eigenvalue weighted by Crippen LogP contribution is 2.67. The lowest BCUT2D eigenvalue weighted by molar-refractivity contribution is -0.140. The molecule has 0 radical (unpaired) electrons. The summed E-state index contributed by atoms with van der Waals surface area (Å²) in [5, 5.41) is 0. The smallest absolute Gasteiger partial charge is 0.233 e. The first-order chi connectivity index (χ1) is 12.5. The Hall–Kier alpha value is -1.12. The van der Waals surface area contributed by atoms with Crippen LogP contribution < -0.4 is 0 Å². The molecule has 0 unspecified atom stereocenters. The molecule has 2 fully saturated rings. The second kappa shape index (κ2) is 7.04. The molecule has 152 valence electrons. The van der Waals surface area contributed by atoms with Crippen LogP contribution in [0.4, 0.5) is 0 Å². The van der Waals surface area contributed by atoms with Gasteiger partial charge in [0, 0.05) is 12.5 Å². The van der Waals surface area contributed by atoms with Gasteiger partial charge in [0.05, 0.1) is 11.8 Å². The first kappa shape index (κ1) is 20.6. The first-order valence-electron chi connectivity index (χ1n) is 11.1. The lowest BCUT2D eigenvalue weighted by Crippen LogP contribution is -2.56. The van der Waals surface area contributed by atoms with Crippen molar-refractivity contribution in [1.82, 2.24) is 4.90 Å². The summed E-state index contributed by atoms with van der Waals surface area (Å²) in [6.07, 6.45) is 8.19. The van der Waals surface area contributed by atoms with Crippen LogP contribution in [-0.4, -0.2) is 23.8 Å². The molecule has 2 aliphatic carbocycles. The number of carbonyl (C=O) groups is 2. The summed E-state index contributed by atoms with van der Waals surface area (Å²) in [7, 11) is 1.70. The Morgan fingerprint density at radius 2 is 1.78 bits per heavy atom. The van der Waals surface area contributed by atoms with Crippen LogP contribution in [-0.2, 0) is 9.59 Å². The lowest BCUT2D eigenvalue weighted by Gasteiger charge is -2.60. The number of unbranched alkanes of at least 4 members (excludes halogenated alkanes) is 3. The van der Waals surface area contributed by atoms with Gasteiger partial charge < -0.3 is 0 Å². The Morgan fingerprint density at radius 1 is 1.11 bits per heavy atom. The molecule has 0 spiro atoms. The van der Waals surface area contributed by atoms with Crippen molar-refractivity contribution in [2.75, 3.05) is 7.05 Å². The van der Waals surface area contributed by atoms with Gasteiger partial charge in [0.15, 0.2) is 0 Å². The molecule has 5 atom stereocenters. The second-order valence-electron chi connectivity index (χ2n) is 10.8. The Labute approximate surface area is 166 Å². The SMILES string of the molecule is CCCCCC[C@H]1C(C)=C2C[C@H](CC(C)(C)C)[C@@]2(C)[C@H]2C(=O)N(C)C(=O)[C@@H]12. The number of fused-ring (bicyclic) bond motifs is 3. The molecule has 27 heavy (non-hydrogen) atoms. The van der Waals surface area contributed by atoms with E-state index in [-0.39, 0.29) is 40.4 Å². The zero-order chi connectivity index (χ0) is 20.1. The van der Waals surface area contributed by atoms with Crippen LogP contribution >= 0.6 is 0 Å². The Morgan fingerprint density at radius 3 is 2.37 bits per heavy atom.